The van der Waals surface area contributed by atoms with Crippen LogP contribution in [-0.4, -0.2) is 4.57 Å². The molecule has 0 bridgehead atoms. The number of anilines is 1. The second-order valence-corrected chi connectivity index (χ2v) is 5.43. The second-order valence-electron chi connectivity index (χ2n) is 5.43. The lowest BCUT2D eigenvalue weighted by Crippen LogP contribution is -2.09. The van der Waals surface area contributed by atoms with Crippen LogP contribution in [-0.2, 0) is 6.54 Å². The fourth-order valence-corrected chi connectivity index (χ4v) is 2.16. The number of nitriles is 1. The lowest BCUT2D eigenvalue weighted by Gasteiger charge is -2.15. The van der Waals surface area contributed by atoms with E-state index in [0.29, 0.717) is 0 Å². The zero-order valence-corrected chi connectivity index (χ0v) is 11.0. The van der Waals surface area contributed by atoms with Crippen LogP contribution in [0.1, 0.15) is 26.7 Å². The first-order chi connectivity index (χ1) is 8.52. The van der Waals surface area contributed by atoms with Gasteiger partial charge in [-0.15, -0.1) is 0 Å². The molecule has 0 unspecified atom stereocenters. The molecule has 0 aliphatic rings. The Morgan fingerprint density at radius 2 is 2.11 bits per heavy atom. The summed E-state index contributed by atoms with van der Waals surface area (Å²) in [4.78, 5) is 0. The topological polar surface area (TPSA) is 54.7 Å². The average Bonchev–Trinajstić information content (AvgIpc) is 2.71. The second kappa shape index (κ2) is 4.73. The van der Waals surface area contributed by atoms with E-state index in [2.05, 4.69) is 29.0 Å². The number of nitrogen functional groups attached to an aromatic ring is 1. The van der Waals surface area contributed by atoms with E-state index in [-0.39, 0.29) is 5.41 Å². The van der Waals surface area contributed by atoms with Gasteiger partial charge in [0.1, 0.15) is 0 Å². The van der Waals surface area contributed by atoms with Gasteiger partial charge in [0.25, 0.3) is 0 Å². The van der Waals surface area contributed by atoms with Gasteiger partial charge in [-0.1, -0.05) is 0 Å². The summed E-state index contributed by atoms with van der Waals surface area (Å²) in [5, 5.41) is 10.2. The number of nitrogens with two attached hydrogens (primary N) is 1. The van der Waals surface area contributed by atoms with Crippen molar-refractivity contribution in [3.05, 3.63) is 30.5 Å². The first-order valence-electron chi connectivity index (χ1n) is 6.27. The molecule has 0 atom stereocenters. The van der Waals surface area contributed by atoms with Gasteiger partial charge in [-0.2, -0.15) is 5.26 Å². The Hall–Kier alpha value is -1.95. The van der Waals surface area contributed by atoms with E-state index >= 15 is 0 Å². The number of aromatic nitrogens is 1. The third kappa shape index (κ3) is 2.65. The summed E-state index contributed by atoms with van der Waals surface area (Å²) in [6, 6.07) is 10.4. The molecule has 0 saturated heterocycles. The molecule has 2 rings (SSSR count). The van der Waals surface area contributed by atoms with Crippen molar-refractivity contribution in [1.82, 2.24) is 4.57 Å². The van der Waals surface area contributed by atoms with Gasteiger partial charge >= 0.3 is 0 Å². The highest BCUT2D eigenvalue weighted by Gasteiger charge is 2.15. The molecule has 2 N–H and O–H groups in total. The number of hydrogen-bond donors (Lipinski definition) is 1. The number of fused-ring (bicyclic) bond motifs is 1. The molecule has 94 valence electrons. The van der Waals surface area contributed by atoms with Crippen molar-refractivity contribution in [2.24, 2.45) is 5.41 Å². The minimum absolute atomic E-state index is 0.229. The SMILES string of the molecule is CC(C)(C#N)CCCn1ccc2cc(N)ccc21. The van der Waals surface area contributed by atoms with Gasteiger partial charge in [0.15, 0.2) is 0 Å². The molecule has 0 fully saturated rings. The minimum Gasteiger partial charge on any atom is -0.399 e. The third-order valence-corrected chi connectivity index (χ3v) is 3.30. The summed E-state index contributed by atoms with van der Waals surface area (Å²) in [5.74, 6) is 0. The summed E-state index contributed by atoms with van der Waals surface area (Å²) < 4.78 is 2.22. The van der Waals surface area contributed by atoms with Crippen molar-refractivity contribution in [3.8, 4) is 6.07 Å². The highest BCUT2D eigenvalue weighted by atomic mass is 14.9. The smallest absolute Gasteiger partial charge is 0.0683 e. The molecule has 0 aliphatic heterocycles. The molecule has 0 amide bonds. The summed E-state index contributed by atoms with van der Waals surface area (Å²) in [7, 11) is 0. The third-order valence-electron chi connectivity index (χ3n) is 3.30. The molecule has 3 nitrogen and oxygen atoms in total. The first-order valence-corrected chi connectivity index (χ1v) is 6.27. The van der Waals surface area contributed by atoms with Crippen molar-refractivity contribution in [3.63, 3.8) is 0 Å². The molecular formula is C15H19N3. The van der Waals surface area contributed by atoms with E-state index in [1.54, 1.807) is 0 Å². The molecular weight excluding hydrogens is 222 g/mol. The lowest BCUT2D eigenvalue weighted by atomic mass is 9.90. The van der Waals surface area contributed by atoms with E-state index in [1.807, 2.05) is 26.0 Å². The maximum atomic E-state index is 8.98. The van der Waals surface area contributed by atoms with Crippen LogP contribution >= 0.6 is 0 Å². The summed E-state index contributed by atoms with van der Waals surface area (Å²) >= 11 is 0. The molecule has 0 radical (unpaired) electrons. The van der Waals surface area contributed by atoms with Crippen LogP contribution in [0.5, 0.6) is 0 Å². The fourth-order valence-electron chi connectivity index (χ4n) is 2.16. The average molecular weight is 241 g/mol. The predicted octanol–water partition coefficient (Wildman–Crippen LogP) is 3.55. The van der Waals surface area contributed by atoms with Crippen molar-refractivity contribution < 1.29 is 0 Å². The predicted molar refractivity (Wildman–Crippen MR) is 75.0 cm³/mol. The molecule has 0 spiro atoms. The van der Waals surface area contributed by atoms with E-state index in [9.17, 15) is 0 Å². The summed E-state index contributed by atoms with van der Waals surface area (Å²) in [6.45, 7) is 4.92. The minimum atomic E-state index is -0.229. The van der Waals surface area contributed by atoms with Gasteiger partial charge in [0.2, 0.25) is 0 Å². The van der Waals surface area contributed by atoms with Gasteiger partial charge in [-0.05, 0) is 51.0 Å². The van der Waals surface area contributed by atoms with Crippen LogP contribution in [0.2, 0.25) is 0 Å². The largest absolute Gasteiger partial charge is 0.399 e. The number of benzene rings is 1. The zero-order chi connectivity index (χ0) is 13.2. The quantitative estimate of drug-likeness (QED) is 0.832. The maximum absolute atomic E-state index is 8.98. The van der Waals surface area contributed by atoms with Crippen molar-refractivity contribution >= 4 is 16.6 Å². The zero-order valence-electron chi connectivity index (χ0n) is 11.0. The van der Waals surface area contributed by atoms with Crippen molar-refractivity contribution in [2.45, 2.75) is 33.2 Å². The summed E-state index contributed by atoms with van der Waals surface area (Å²) in [5.41, 5.74) is 7.54. The van der Waals surface area contributed by atoms with Crippen LogP contribution < -0.4 is 5.73 Å². The Morgan fingerprint density at radius 3 is 2.83 bits per heavy atom. The van der Waals surface area contributed by atoms with Crippen LogP contribution in [0, 0.1) is 16.7 Å². The maximum Gasteiger partial charge on any atom is 0.0683 e. The molecule has 1 aromatic carbocycles. The Labute approximate surface area is 108 Å². The highest BCUT2D eigenvalue weighted by Crippen LogP contribution is 2.23. The number of nitrogens with zero attached hydrogens (tertiary/aromatic N) is 2. The van der Waals surface area contributed by atoms with E-state index in [4.69, 9.17) is 11.0 Å². The van der Waals surface area contributed by atoms with Crippen LogP contribution in [0.4, 0.5) is 5.69 Å². The molecule has 18 heavy (non-hydrogen) atoms. The normalized spacial score (nSPS) is 11.6. The Bertz CT molecular complexity index is 587. The van der Waals surface area contributed by atoms with Crippen LogP contribution in [0.25, 0.3) is 10.9 Å². The van der Waals surface area contributed by atoms with Gasteiger partial charge in [-0.3, -0.25) is 0 Å². The van der Waals surface area contributed by atoms with E-state index in [1.165, 1.54) is 10.9 Å². The summed E-state index contributed by atoms with van der Waals surface area (Å²) in [6.07, 6.45) is 4.01. The molecule has 2 aromatic rings. The fraction of sp³-hybridized carbons (Fsp3) is 0.400. The van der Waals surface area contributed by atoms with E-state index in [0.717, 1.165) is 25.1 Å². The molecule has 0 saturated carbocycles. The lowest BCUT2D eigenvalue weighted by molar-refractivity contribution is 0.418. The monoisotopic (exact) mass is 241 g/mol. The molecule has 1 aromatic heterocycles. The highest BCUT2D eigenvalue weighted by molar-refractivity contribution is 5.83. The first kappa shape index (κ1) is 12.5. The molecule has 1 heterocycles. The Kier molecular flexibility index (Phi) is 3.29. The number of hydrogen-bond acceptors (Lipinski definition) is 2. The van der Waals surface area contributed by atoms with Crippen molar-refractivity contribution in [1.29, 1.82) is 5.26 Å². The van der Waals surface area contributed by atoms with Crippen molar-refractivity contribution in [2.75, 3.05) is 5.73 Å². The number of rotatable bonds is 4. The van der Waals surface area contributed by atoms with Gasteiger partial charge in [0.05, 0.1) is 11.5 Å². The van der Waals surface area contributed by atoms with Gasteiger partial charge < -0.3 is 10.3 Å². The van der Waals surface area contributed by atoms with Gasteiger partial charge in [0, 0.05) is 29.3 Å². The molecule has 0 aliphatic carbocycles. The number of aryl methyl sites for hydroxylation is 1. The van der Waals surface area contributed by atoms with Crippen LogP contribution in [0.15, 0.2) is 30.5 Å². The van der Waals surface area contributed by atoms with E-state index < -0.39 is 0 Å². The van der Waals surface area contributed by atoms with Gasteiger partial charge in [-0.25, -0.2) is 0 Å². The Morgan fingerprint density at radius 1 is 1.33 bits per heavy atom. The molecule has 3 heteroatoms. The van der Waals surface area contributed by atoms with Crippen LogP contribution in [0.3, 0.4) is 0 Å². The Balaban J connectivity index is 2.07. The standard InChI is InChI=1S/C15H19N3/c1-15(2,11-16)7-3-8-18-9-6-12-10-13(17)4-5-14(12)18/h4-6,9-10H,3,7-8,17H2,1-2H3.